The standard InChI is InChI=1S/C37H44O7/c1-19(2)28-31(40)26(20(3)38)33(42)37(44)34(43)29-32(41)27-25(17-35(29,4)18-36(28,37)5)24(22-13-9-10-14-22)16-23(30(27)39)15-21-11-7-6-8-12-21/h9,13-14,16,19,21,26,28-29,39,44H,6-8,10-12,15,17-18H2,1-5H3/t26?,28?,29?,35-,36-,37+/m1/s1. The molecule has 44 heavy (non-hydrogen) atoms. The molecule has 6 atom stereocenters. The van der Waals surface area contributed by atoms with E-state index in [4.69, 9.17) is 0 Å². The Balaban J connectivity index is 1.54. The maximum Gasteiger partial charge on any atom is 0.190 e. The van der Waals surface area contributed by atoms with Crippen LogP contribution in [-0.4, -0.2) is 44.7 Å². The maximum atomic E-state index is 14.6. The maximum absolute atomic E-state index is 14.6. The van der Waals surface area contributed by atoms with E-state index >= 15 is 0 Å². The Kier molecular flexibility index (Phi) is 7.31. The molecule has 0 bridgehead atoms. The highest BCUT2D eigenvalue weighted by molar-refractivity contribution is 6.32. The zero-order chi connectivity index (χ0) is 31.9. The van der Waals surface area contributed by atoms with Crippen LogP contribution in [0.25, 0.3) is 5.57 Å². The summed E-state index contributed by atoms with van der Waals surface area (Å²) in [5, 5.41) is 24.0. The molecule has 5 aliphatic rings. The van der Waals surface area contributed by atoms with Gasteiger partial charge in [-0.2, -0.15) is 0 Å². The van der Waals surface area contributed by atoms with Crippen LogP contribution in [0.15, 0.2) is 24.3 Å². The highest BCUT2D eigenvalue weighted by atomic mass is 16.3. The van der Waals surface area contributed by atoms with Crippen molar-refractivity contribution in [3.8, 4) is 5.75 Å². The lowest BCUT2D eigenvalue weighted by molar-refractivity contribution is -0.205. The summed E-state index contributed by atoms with van der Waals surface area (Å²) in [6, 6.07) is 2.02. The molecule has 5 aliphatic carbocycles. The zero-order valence-electron chi connectivity index (χ0n) is 26.5. The minimum atomic E-state index is -2.68. The van der Waals surface area contributed by atoms with E-state index in [0.29, 0.717) is 23.5 Å². The third-order valence-electron chi connectivity index (χ3n) is 11.8. The van der Waals surface area contributed by atoms with Crippen LogP contribution < -0.4 is 0 Å². The molecule has 0 aromatic heterocycles. The molecule has 6 rings (SSSR count). The quantitative estimate of drug-likeness (QED) is 0.424. The Morgan fingerprint density at radius 1 is 1.05 bits per heavy atom. The van der Waals surface area contributed by atoms with Crippen LogP contribution in [0.5, 0.6) is 5.75 Å². The van der Waals surface area contributed by atoms with Crippen molar-refractivity contribution in [3.05, 3.63) is 46.5 Å². The summed E-state index contributed by atoms with van der Waals surface area (Å²) < 4.78 is 0. The summed E-state index contributed by atoms with van der Waals surface area (Å²) >= 11 is 0. The Hall–Kier alpha value is -3.19. The molecule has 1 aromatic rings. The van der Waals surface area contributed by atoms with Gasteiger partial charge in [0.2, 0.25) is 0 Å². The van der Waals surface area contributed by atoms with E-state index in [2.05, 4.69) is 6.08 Å². The van der Waals surface area contributed by atoms with Crippen molar-refractivity contribution in [2.24, 2.45) is 40.4 Å². The highest BCUT2D eigenvalue weighted by Crippen LogP contribution is 2.64. The smallest absolute Gasteiger partial charge is 0.190 e. The molecule has 0 heterocycles. The molecule has 0 spiro atoms. The molecular formula is C37H44O7. The first-order chi connectivity index (χ1) is 20.7. The van der Waals surface area contributed by atoms with Gasteiger partial charge < -0.3 is 10.2 Å². The van der Waals surface area contributed by atoms with Crippen LogP contribution >= 0.6 is 0 Å². The highest BCUT2D eigenvalue weighted by Gasteiger charge is 2.76. The van der Waals surface area contributed by atoms with E-state index in [-0.39, 0.29) is 30.1 Å². The number of carbonyl (C=O) groups is 5. The minimum absolute atomic E-state index is 0.0575. The predicted octanol–water partition coefficient (Wildman–Crippen LogP) is 5.56. The van der Waals surface area contributed by atoms with Gasteiger partial charge in [-0.1, -0.05) is 78.0 Å². The summed E-state index contributed by atoms with van der Waals surface area (Å²) in [5.74, 6) is -8.10. The second-order valence-corrected chi connectivity index (χ2v) is 15.1. The first-order valence-electron chi connectivity index (χ1n) is 16.3. The van der Waals surface area contributed by atoms with Gasteiger partial charge in [-0.05, 0) is 78.2 Å². The number of Topliss-reactive ketones (excluding diaryl/α,β-unsaturated/α-hetero) is 5. The van der Waals surface area contributed by atoms with E-state index in [0.717, 1.165) is 50.2 Å². The van der Waals surface area contributed by atoms with E-state index in [1.807, 2.05) is 25.1 Å². The van der Waals surface area contributed by atoms with Crippen LogP contribution in [0, 0.1) is 40.4 Å². The molecule has 7 heteroatoms. The first-order valence-corrected chi connectivity index (χ1v) is 16.3. The van der Waals surface area contributed by atoms with Crippen LogP contribution in [-0.2, 0) is 32.0 Å². The molecule has 0 radical (unpaired) electrons. The van der Waals surface area contributed by atoms with E-state index in [9.17, 15) is 34.2 Å². The molecule has 234 valence electrons. The van der Waals surface area contributed by atoms with Crippen LogP contribution in [0.3, 0.4) is 0 Å². The Bertz CT molecular complexity index is 1560. The molecule has 3 fully saturated rings. The van der Waals surface area contributed by atoms with Gasteiger partial charge in [0, 0.05) is 11.3 Å². The molecule has 7 nitrogen and oxygen atoms in total. The fourth-order valence-electron chi connectivity index (χ4n) is 10.0. The summed E-state index contributed by atoms with van der Waals surface area (Å²) in [7, 11) is 0. The Morgan fingerprint density at radius 3 is 2.32 bits per heavy atom. The van der Waals surface area contributed by atoms with E-state index < -0.39 is 63.1 Å². The van der Waals surface area contributed by atoms with Crippen molar-refractivity contribution in [1.29, 1.82) is 0 Å². The number of fused-ring (bicyclic) bond motifs is 3. The number of aliphatic hydroxyl groups is 1. The number of aromatic hydroxyl groups is 1. The fourth-order valence-corrected chi connectivity index (χ4v) is 10.0. The van der Waals surface area contributed by atoms with Gasteiger partial charge >= 0.3 is 0 Å². The Morgan fingerprint density at radius 2 is 1.73 bits per heavy atom. The lowest BCUT2D eigenvalue weighted by atomic mass is 9.39. The van der Waals surface area contributed by atoms with Crippen molar-refractivity contribution in [1.82, 2.24) is 0 Å². The number of benzene rings is 1. The number of ketones is 5. The number of rotatable bonds is 5. The average molecular weight is 601 g/mol. The van der Waals surface area contributed by atoms with Gasteiger partial charge in [0.1, 0.15) is 17.5 Å². The normalized spacial score (nSPS) is 35.4. The molecular weight excluding hydrogens is 556 g/mol. The number of phenols is 1. The van der Waals surface area contributed by atoms with Gasteiger partial charge in [0.15, 0.2) is 28.7 Å². The van der Waals surface area contributed by atoms with Gasteiger partial charge in [0.25, 0.3) is 0 Å². The molecule has 0 amide bonds. The lowest BCUT2D eigenvalue weighted by Crippen LogP contribution is -2.76. The first kappa shape index (κ1) is 30.8. The second-order valence-electron chi connectivity index (χ2n) is 15.1. The third-order valence-corrected chi connectivity index (χ3v) is 11.8. The minimum Gasteiger partial charge on any atom is -0.507 e. The van der Waals surface area contributed by atoms with Crippen molar-refractivity contribution < 1.29 is 34.2 Å². The van der Waals surface area contributed by atoms with Gasteiger partial charge in [-0.15, -0.1) is 0 Å². The van der Waals surface area contributed by atoms with Crippen LogP contribution in [0.4, 0.5) is 0 Å². The lowest BCUT2D eigenvalue weighted by Gasteiger charge is -2.62. The SMILES string of the molecule is CC(=O)C1C(=O)C(C(C)C)[C@@]2(C)C[C@@]3(C)Cc4c(C5=CCC=C5)cc(CC5CCCCC5)c(O)c4C(=O)C3C(=O)[C@@]2(O)C1=O. The van der Waals surface area contributed by atoms with Gasteiger partial charge in [-0.3, -0.25) is 24.0 Å². The summed E-state index contributed by atoms with van der Waals surface area (Å²) in [6.45, 7) is 8.16. The monoisotopic (exact) mass is 600 g/mol. The number of allylic oxidation sites excluding steroid dienone is 4. The van der Waals surface area contributed by atoms with Crippen LogP contribution in [0.2, 0.25) is 0 Å². The molecule has 1 aromatic carbocycles. The number of hydrogen-bond acceptors (Lipinski definition) is 7. The van der Waals surface area contributed by atoms with E-state index in [1.54, 1.807) is 20.8 Å². The number of phenolic OH excluding ortho intramolecular Hbond substituents is 1. The predicted molar refractivity (Wildman–Crippen MR) is 165 cm³/mol. The summed E-state index contributed by atoms with van der Waals surface area (Å²) in [4.78, 5) is 69.6. The summed E-state index contributed by atoms with van der Waals surface area (Å²) in [5.41, 5.74) is -1.92. The van der Waals surface area contributed by atoms with Crippen molar-refractivity contribution in [2.75, 3.05) is 0 Å². The van der Waals surface area contributed by atoms with Crippen molar-refractivity contribution in [2.45, 2.75) is 98.0 Å². The zero-order valence-corrected chi connectivity index (χ0v) is 26.5. The third kappa shape index (κ3) is 4.14. The molecule has 3 saturated carbocycles. The number of hydrogen-bond donors (Lipinski definition) is 2. The van der Waals surface area contributed by atoms with Crippen molar-refractivity contribution in [3.63, 3.8) is 0 Å². The molecule has 2 N–H and O–H groups in total. The summed E-state index contributed by atoms with van der Waals surface area (Å²) in [6.07, 6.45) is 13.5. The topological polar surface area (TPSA) is 126 Å². The molecule has 0 aliphatic heterocycles. The van der Waals surface area contributed by atoms with Gasteiger partial charge in [-0.25, -0.2) is 0 Å². The van der Waals surface area contributed by atoms with Gasteiger partial charge in [0.05, 0.1) is 11.5 Å². The second kappa shape index (κ2) is 10.4. The number of carbonyl (C=O) groups excluding carboxylic acids is 5. The Labute approximate surface area is 259 Å². The fraction of sp³-hybridized carbons (Fsp3) is 0.595. The molecule has 3 unspecified atom stereocenters. The van der Waals surface area contributed by atoms with Crippen molar-refractivity contribution >= 4 is 34.5 Å². The van der Waals surface area contributed by atoms with Crippen LogP contribution in [0.1, 0.15) is 107 Å². The molecule has 0 saturated heterocycles. The largest absolute Gasteiger partial charge is 0.507 e. The van der Waals surface area contributed by atoms with E-state index in [1.165, 1.54) is 6.42 Å². The average Bonchev–Trinajstić information content (AvgIpc) is 3.47.